The number of aliphatic hydroxyl groups excluding tert-OH is 1. The Bertz CT molecular complexity index is 897. The van der Waals surface area contributed by atoms with Crippen LogP contribution in [0.2, 0.25) is 0 Å². The number of nitrogens with one attached hydrogen (secondary N) is 1. The third-order valence-corrected chi connectivity index (χ3v) is 5.64. The van der Waals surface area contributed by atoms with Gasteiger partial charge in [0.05, 0.1) is 6.54 Å². The molecule has 2 aliphatic rings. The van der Waals surface area contributed by atoms with Crippen molar-refractivity contribution in [1.82, 2.24) is 10.2 Å². The first kappa shape index (κ1) is 18.8. The van der Waals surface area contributed by atoms with Crippen molar-refractivity contribution in [3.8, 4) is 0 Å². The van der Waals surface area contributed by atoms with Crippen LogP contribution in [0.5, 0.6) is 0 Å². The van der Waals surface area contributed by atoms with E-state index in [0.717, 1.165) is 29.5 Å². The molecular formula is C22H23FN2O3. The van der Waals surface area contributed by atoms with E-state index in [4.69, 9.17) is 5.11 Å². The summed E-state index contributed by atoms with van der Waals surface area (Å²) in [6, 6.07) is 12.2. The molecule has 6 heteroatoms. The maximum atomic E-state index is 13.0. The van der Waals surface area contributed by atoms with Gasteiger partial charge in [-0.3, -0.25) is 9.59 Å². The van der Waals surface area contributed by atoms with E-state index >= 15 is 0 Å². The van der Waals surface area contributed by atoms with E-state index in [1.165, 1.54) is 12.1 Å². The standard InChI is InChI=1S/C22H23FN2O3/c23-18-5-3-15(4-6-18)19-10-20(19)24-11-22(28)25-8-7-14-1-2-16(21(27)13-26)9-17(14)12-25/h1-6,9,19-20,24,26H,7-8,10-13H2/t19-,20+/m0/s1. The smallest absolute Gasteiger partial charge is 0.236 e. The zero-order chi connectivity index (χ0) is 19.7. The molecule has 2 N–H and O–H groups in total. The number of amides is 1. The average Bonchev–Trinajstić information content (AvgIpc) is 3.50. The highest BCUT2D eigenvalue weighted by molar-refractivity contribution is 5.97. The number of carbonyl (C=O) groups excluding carboxylic acids is 2. The van der Waals surface area contributed by atoms with Crippen LogP contribution >= 0.6 is 0 Å². The Labute approximate surface area is 163 Å². The Hall–Kier alpha value is -2.57. The van der Waals surface area contributed by atoms with E-state index in [0.29, 0.717) is 24.6 Å². The maximum absolute atomic E-state index is 13.0. The Morgan fingerprint density at radius 2 is 1.93 bits per heavy atom. The predicted molar refractivity (Wildman–Crippen MR) is 103 cm³/mol. The number of carbonyl (C=O) groups is 2. The molecule has 2 atom stereocenters. The lowest BCUT2D eigenvalue weighted by atomic mass is 9.96. The summed E-state index contributed by atoms with van der Waals surface area (Å²) in [6.45, 7) is 0.899. The van der Waals surface area contributed by atoms with Crippen molar-refractivity contribution in [2.75, 3.05) is 19.7 Å². The van der Waals surface area contributed by atoms with Crippen LogP contribution in [0, 0.1) is 5.82 Å². The summed E-state index contributed by atoms with van der Waals surface area (Å²) in [6.07, 6.45) is 1.71. The number of fused-ring (bicyclic) bond motifs is 1. The topological polar surface area (TPSA) is 69.6 Å². The normalized spacial score (nSPS) is 20.6. The molecule has 5 nitrogen and oxygen atoms in total. The van der Waals surface area contributed by atoms with Gasteiger partial charge in [0.2, 0.25) is 5.91 Å². The van der Waals surface area contributed by atoms with Crippen molar-refractivity contribution in [3.63, 3.8) is 0 Å². The van der Waals surface area contributed by atoms with Gasteiger partial charge in [-0.05, 0) is 47.7 Å². The number of hydrogen-bond acceptors (Lipinski definition) is 4. The number of hydrogen-bond donors (Lipinski definition) is 2. The van der Waals surface area contributed by atoms with Gasteiger partial charge < -0.3 is 15.3 Å². The van der Waals surface area contributed by atoms with Gasteiger partial charge in [-0.1, -0.05) is 24.3 Å². The second-order valence-electron chi connectivity index (χ2n) is 7.51. The molecule has 1 amide bonds. The van der Waals surface area contributed by atoms with Gasteiger partial charge in [0.15, 0.2) is 5.78 Å². The fourth-order valence-corrected chi connectivity index (χ4v) is 3.86. The Balaban J connectivity index is 1.32. The van der Waals surface area contributed by atoms with Crippen LogP contribution in [0.1, 0.15) is 39.4 Å². The molecule has 2 aromatic carbocycles. The number of nitrogens with zero attached hydrogens (tertiary/aromatic N) is 1. The molecule has 1 fully saturated rings. The Morgan fingerprint density at radius 3 is 2.68 bits per heavy atom. The average molecular weight is 382 g/mol. The van der Waals surface area contributed by atoms with Crippen LogP contribution in [0.15, 0.2) is 42.5 Å². The summed E-state index contributed by atoms with van der Waals surface area (Å²) in [5.74, 6) is -0.177. The van der Waals surface area contributed by atoms with E-state index in [1.807, 2.05) is 6.07 Å². The van der Waals surface area contributed by atoms with Crippen LogP contribution < -0.4 is 5.32 Å². The second kappa shape index (κ2) is 7.81. The van der Waals surface area contributed by atoms with Gasteiger partial charge in [0, 0.05) is 30.6 Å². The molecule has 0 unspecified atom stereocenters. The van der Waals surface area contributed by atoms with Crippen molar-refractivity contribution >= 4 is 11.7 Å². The molecule has 0 spiro atoms. The molecule has 0 radical (unpaired) electrons. The molecule has 1 aliphatic heterocycles. The lowest BCUT2D eigenvalue weighted by Crippen LogP contribution is -2.41. The molecule has 0 saturated heterocycles. The quantitative estimate of drug-likeness (QED) is 0.750. The van der Waals surface area contributed by atoms with Crippen LogP contribution in [-0.4, -0.2) is 47.4 Å². The molecule has 2 aromatic rings. The third-order valence-electron chi connectivity index (χ3n) is 5.64. The minimum Gasteiger partial charge on any atom is -0.388 e. The molecule has 0 bridgehead atoms. The summed E-state index contributed by atoms with van der Waals surface area (Å²) in [5, 5.41) is 12.3. The fourth-order valence-electron chi connectivity index (χ4n) is 3.86. The monoisotopic (exact) mass is 382 g/mol. The van der Waals surface area contributed by atoms with E-state index < -0.39 is 6.61 Å². The SMILES string of the molecule is O=C(CO)c1ccc2c(c1)CN(C(=O)CN[C@@H]1C[C@H]1c1ccc(F)cc1)CC2. The van der Waals surface area contributed by atoms with Crippen LogP contribution in [0.25, 0.3) is 0 Å². The zero-order valence-corrected chi connectivity index (χ0v) is 15.5. The van der Waals surface area contributed by atoms with Crippen molar-refractivity contribution in [1.29, 1.82) is 0 Å². The van der Waals surface area contributed by atoms with Crippen molar-refractivity contribution < 1.29 is 19.1 Å². The maximum Gasteiger partial charge on any atom is 0.236 e. The van der Waals surface area contributed by atoms with E-state index in [1.54, 1.807) is 29.2 Å². The summed E-state index contributed by atoms with van der Waals surface area (Å²) in [7, 11) is 0. The first-order chi connectivity index (χ1) is 13.5. The zero-order valence-electron chi connectivity index (χ0n) is 15.5. The number of ketones is 1. The lowest BCUT2D eigenvalue weighted by Gasteiger charge is -2.29. The van der Waals surface area contributed by atoms with E-state index in [2.05, 4.69) is 5.32 Å². The van der Waals surface area contributed by atoms with Gasteiger partial charge in [0.25, 0.3) is 0 Å². The Kier molecular flexibility index (Phi) is 5.24. The van der Waals surface area contributed by atoms with Gasteiger partial charge in [-0.2, -0.15) is 0 Å². The molecule has 1 aliphatic carbocycles. The molecule has 146 valence electrons. The van der Waals surface area contributed by atoms with Gasteiger partial charge in [0.1, 0.15) is 12.4 Å². The molecule has 0 aromatic heterocycles. The first-order valence-corrected chi connectivity index (χ1v) is 9.57. The van der Waals surface area contributed by atoms with Gasteiger partial charge >= 0.3 is 0 Å². The van der Waals surface area contributed by atoms with Gasteiger partial charge in [-0.15, -0.1) is 0 Å². The number of benzene rings is 2. The molecule has 28 heavy (non-hydrogen) atoms. The first-order valence-electron chi connectivity index (χ1n) is 9.57. The van der Waals surface area contributed by atoms with Crippen molar-refractivity contribution in [3.05, 3.63) is 70.5 Å². The summed E-state index contributed by atoms with van der Waals surface area (Å²) < 4.78 is 13.0. The van der Waals surface area contributed by atoms with E-state index in [-0.39, 0.29) is 30.1 Å². The summed E-state index contributed by atoms with van der Waals surface area (Å²) >= 11 is 0. The van der Waals surface area contributed by atoms with Crippen molar-refractivity contribution in [2.24, 2.45) is 0 Å². The predicted octanol–water partition coefficient (Wildman–Crippen LogP) is 2.03. The molecule has 4 rings (SSSR count). The number of halogens is 1. The summed E-state index contributed by atoms with van der Waals surface area (Å²) in [4.78, 5) is 26.1. The highest BCUT2D eigenvalue weighted by Gasteiger charge is 2.38. The largest absolute Gasteiger partial charge is 0.388 e. The number of rotatable bonds is 6. The van der Waals surface area contributed by atoms with Crippen LogP contribution in [-0.2, 0) is 17.8 Å². The minimum absolute atomic E-state index is 0.0364. The highest BCUT2D eigenvalue weighted by atomic mass is 19.1. The van der Waals surface area contributed by atoms with Crippen LogP contribution in [0.4, 0.5) is 4.39 Å². The minimum atomic E-state index is -0.512. The van der Waals surface area contributed by atoms with Gasteiger partial charge in [-0.25, -0.2) is 4.39 Å². The number of Topliss-reactive ketones (excluding diaryl/α,β-unsaturated/α-hetero) is 1. The highest BCUT2D eigenvalue weighted by Crippen LogP contribution is 2.40. The third kappa shape index (κ3) is 3.98. The second-order valence-corrected chi connectivity index (χ2v) is 7.51. The molecular weight excluding hydrogens is 359 g/mol. The van der Waals surface area contributed by atoms with Crippen LogP contribution in [0.3, 0.4) is 0 Å². The lowest BCUT2D eigenvalue weighted by molar-refractivity contribution is -0.131. The summed E-state index contributed by atoms with van der Waals surface area (Å²) in [5.41, 5.74) is 3.69. The Morgan fingerprint density at radius 1 is 1.14 bits per heavy atom. The van der Waals surface area contributed by atoms with Crippen molar-refractivity contribution in [2.45, 2.75) is 31.3 Å². The van der Waals surface area contributed by atoms with E-state index in [9.17, 15) is 14.0 Å². The molecule has 1 heterocycles. The molecule has 1 saturated carbocycles. The fraction of sp³-hybridized carbons (Fsp3) is 0.364. The number of aliphatic hydroxyl groups is 1.